The summed E-state index contributed by atoms with van der Waals surface area (Å²) in [5.41, 5.74) is 8.35. The van der Waals surface area contributed by atoms with Gasteiger partial charge in [0.1, 0.15) is 11.6 Å². The van der Waals surface area contributed by atoms with Crippen molar-refractivity contribution in [2.24, 2.45) is 5.73 Å². The van der Waals surface area contributed by atoms with Crippen molar-refractivity contribution >= 4 is 27.5 Å². The van der Waals surface area contributed by atoms with E-state index in [-0.39, 0.29) is 5.84 Å². The van der Waals surface area contributed by atoms with E-state index >= 15 is 0 Å². The van der Waals surface area contributed by atoms with Crippen LogP contribution >= 0.6 is 15.9 Å². The molecule has 0 spiro atoms. The number of nitrogens with one attached hydrogen (secondary N) is 1. The van der Waals surface area contributed by atoms with Crippen LogP contribution in [0.1, 0.15) is 11.1 Å². The molecule has 0 unspecified atom stereocenters. The maximum Gasteiger partial charge on any atom is 0.123 e. The lowest BCUT2D eigenvalue weighted by Gasteiger charge is -2.21. The molecule has 0 aliphatic heterocycles. The van der Waals surface area contributed by atoms with Gasteiger partial charge in [0.15, 0.2) is 0 Å². The Kier molecular flexibility index (Phi) is 4.85. The van der Waals surface area contributed by atoms with Crippen molar-refractivity contribution in [3.8, 4) is 5.75 Å². The van der Waals surface area contributed by atoms with Gasteiger partial charge in [0.2, 0.25) is 0 Å². The lowest BCUT2D eigenvalue weighted by atomic mass is 10.1. The summed E-state index contributed by atoms with van der Waals surface area (Å²) < 4.78 is 6.42. The highest BCUT2D eigenvalue weighted by molar-refractivity contribution is 9.10. The number of hydrogen-bond donors (Lipinski definition) is 2. The van der Waals surface area contributed by atoms with Crippen LogP contribution in [0.25, 0.3) is 0 Å². The number of anilines is 1. The Morgan fingerprint density at radius 1 is 1.24 bits per heavy atom. The fourth-order valence-electron chi connectivity index (χ4n) is 2.11. The van der Waals surface area contributed by atoms with Crippen molar-refractivity contribution in [2.75, 3.05) is 19.1 Å². The smallest absolute Gasteiger partial charge is 0.123 e. The molecular weight excluding hydrogens is 330 g/mol. The molecular formula is C16H18BrN3O. The van der Waals surface area contributed by atoms with Crippen LogP contribution in [0.4, 0.5) is 5.69 Å². The van der Waals surface area contributed by atoms with Gasteiger partial charge in [-0.25, -0.2) is 0 Å². The van der Waals surface area contributed by atoms with Gasteiger partial charge in [-0.1, -0.05) is 15.9 Å². The summed E-state index contributed by atoms with van der Waals surface area (Å²) >= 11 is 3.49. The van der Waals surface area contributed by atoms with Gasteiger partial charge in [-0.3, -0.25) is 5.41 Å². The van der Waals surface area contributed by atoms with E-state index in [4.69, 9.17) is 15.9 Å². The minimum atomic E-state index is 0.0814. The third kappa shape index (κ3) is 3.76. The number of ether oxygens (including phenoxy) is 1. The SMILES string of the molecule is COc1ccc(Br)cc1CN(C)c1ccc(C(=N)N)cc1. The van der Waals surface area contributed by atoms with Crippen molar-refractivity contribution in [1.29, 1.82) is 5.41 Å². The Bertz CT molecular complexity index is 640. The Morgan fingerprint density at radius 2 is 1.90 bits per heavy atom. The van der Waals surface area contributed by atoms with Crippen molar-refractivity contribution in [2.45, 2.75) is 6.54 Å². The van der Waals surface area contributed by atoms with Gasteiger partial charge in [-0.15, -0.1) is 0 Å². The summed E-state index contributed by atoms with van der Waals surface area (Å²) in [6.07, 6.45) is 0. The maximum absolute atomic E-state index is 7.41. The molecule has 0 aliphatic rings. The van der Waals surface area contributed by atoms with Crippen LogP contribution in [-0.4, -0.2) is 20.0 Å². The predicted molar refractivity (Wildman–Crippen MR) is 90.3 cm³/mol. The van der Waals surface area contributed by atoms with E-state index in [0.717, 1.165) is 33.6 Å². The molecule has 0 fully saturated rings. The highest BCUT2D eigenvalue weighted by Gasteiger charge is 2.08. The number of benzene rings is 2. The number of nitrogens with two attached hydrogens (primary N) is 1. The molecule has 0 aromatic heterocycles. The van der Waals surface area contributed by atoms with Gasteiger partial charge in [-0.05, 0) is 42.5 Å². The minimum Gasteiger partial charge on any atom is -0.496 e. The van der Waals surface area contributed by atoms with Gasteiger partial charge in [-0.2, -0.15) is 0 Å². The lowest BCUT2D eigenvalue weighted by Crippen LogP contribution is -2.17. The maximum atomic E-state index is 7.41. The quantitative estimate of drug-likeness (QED) is 0.643. The summed E-state index contributed by atoms with van der Waals surface area (Å²) in [6.45, 7) is 0.724. The number of amidine groups is 1. The van der Waals surface area contributed by atoms with Crippen molar-refractivity contribution in [3.05, 3.63) is 58.1 Å². The predicted octanol–water partition coefficient (Wildman–Crippen LogP) is 3.38. The molecule has 0 heterocycles. The summed E-state index contributed by atoms with van der Waals surface area (Å²) in [4.78, 5) is 2.12. The van der Waals surface area contributed by atoms with E-state index in [2.05, 4.69) is 26.9 Å². The molecule has 2 aromatic rings. The standard InChI is InChI=1S/C16H18BrN3O/c1-20(14-6-3-11(4-7-14)16(18)19)10-12-9-13(17)5-8-15(12)21-2/h3-9H,10H2,1-2H3,(H3,18,19). The zero-order valence-electron chi connectivity index (χ0n) is 12.1. The summed E-state index contributed by atoms with van der Waals surface area (Å²) in [5, 5.41) is 7.41. The van der Waals surface area contributed by atoms with Crippen LogP contribution in [0.15, 0.2) is 46.9 Å². The van der Waals surface area contributed by atoms with Crippen molar-refractivity contribution in [3.63, 3.8) is 0 Å². The van der Waals surface area contributed by atoms with E-state index in [1.54, 1.807) is 7.11 Å². The average Bonchev–Trinajstić information content (AvgIpc) is 2.47. The van der Waals surface area contributed by atoms with Crippen molar-refractivity contribution in [1.82, 2.24) is 0 Å². The molecule has 4 nitrogen and oxygen atoms in total. The fourth-order valence-corrected chi connectivity index (χ4v) is 2.52. The Hall–Kier alpha value is -2.01. The van der Waals surface area contributed by atoms with E-state index in [1.807, 2.05) is 43.4 Å². The van der Waals surface area contributed by atoms with Gasteiger partial charge in [0, 0.05) is 34.9 Å². The van der Waals surface area contributed by atoms with Crippen LogP contribution in [-0.2, 0) is 6.54 Å². The van der Waals surface area contributed by atoms with Gasteiger partial charge >= 0.3 is 0 Å². The molecule has 0 bridgehead atoms. The van der Waals surface area contributed by atoms with Gasteiger partial charge < -0.3 is 15.4 Å². The number of halogens is 1. The molecule has 5 heteroatoms. The molecule has 0 aliphatic carbocycles. The average molecular weight is 348 g/mol. The zero-order chi connectivity index (χ0) is 15.4. The second-order valence-electron chi connectivity index (χ2n) is 4.77. The van der Waals surface area contributed by atoms with Crippen LogP contribution in [0.2, 0.25) is 0 Å². The van der Waals surface area contributed by atoms with E-state index in [1.165, 1.54) is 0 Å². The molecule has 0 radical (unpaired) electrons. The van der Waals surface area contributed by atoms with Crippen LogP contribution in [0.5, 0.6) is 5.75 Å². The third-order valence-corrected chi connectivity index (χ3v) is 3.76. The van der Waals surface area contributed by atoms with Gasteiger partial charge in [0.05, 0.1) is 7.11 Å². The number of nitrogen functional groups attached to an aromatic ring is 1. The van der Waals surface area contributed by atoms with E-state index in [0.29, 0.717) is 0 Å². The molecule has 0 amide bonds. The number of hydrogen-bond acceptors (Lipinski definition) is 3. The molecule has 2 rings (SSSR count). The first-order chi connectivity index (χ1) is 10.0. The monoisotopic (exact) mass is 347 g/mol. The molecule has 21 heavy (non-hydrogen) atoms. The normalized spacial score (nSPS) is 10.2. The number of methoxy groups -OCH3 is 1. The Balaban J connectivity index is 2.19. The Morgan fingerprint density at radius 3 is 2.48 bits per heavy atom. The lowest BCUT2D eigenvalue weighted by molar-refractivity contribution is 0.409. The highest BCUT2D eigenvalue weighted by atomic mass is 79.9. The summed E-state index contributed by atoms with van der Waals surface area (Å²) in [6, 6.07) is 13.6. The first kappa shape index (κ1) is 15.4. The van der Waals surface area contributed by atoms with Gasteiger partial charge in [0.25, 0.3) is 0 Å². The molecule has 0 atom stereocenters. The van der Waals surface area contributed by atoms with Crippen LogP contribution in [0, 0.1) is 5.41 Å². The third-order valence-electron chi connectivity index (χ3n) is 3.27. The number of rotatable bonds is 5. The first-order valence-electron chi connectivity index (χ1n) is 6.49. The Labute approximate surface area is 133 Å². The second kappa shape index (κ2) is 6.63. The summed E-state index contributed by atoms with van der Waals surface area (Å²) in [5.74, 6) is 0.947. The molecule has 110 valence electrons. The minimum absolute atomic E-state index is 0.0814. The second-order valence-corrected chi connectivity index (χ2v) is 5.69. The topological polar surface area (TPSA) is 62.3 Å². The van der Waals surface area contributed by atoms with Crippen molar-refractivity contribution < 1.29 is 4.74 Å². The highest BCUT2D eigenvalue weighted by Crippen LogP contribution is 2.26. The number of nitrogens with zero attached hydrogens (tertiary/aromatic N) is 1. The molecule has 3 N–H and O–H groups in total. The van der Waals surface area contributed by atoms with E-state index < -0.39 is 0 Å². The van der Waals surface area contributed by atoms with Crippen LogP contribution < -0.4 is 15.4 Å². The first-order valence-corrected chi connectivity index (χ1v) is 7.28. The molecule has 0 saturated heterocycles. The molecule has 2 aromatic carbocycles. The van der Waals surface area contributed by atoms with Crippen LogP contribution in [0.3, 0.4) is 0 Å². The van der Waals surface area contributed by atoms with E-state index in [9.17, 15) is 0 Å². The molecule has 0 saturated carbocycles. The zero-order valence-corrected chi connectivity index (χ0v) is 13.6. The fraction of sp³-hybridized carbons (Fsp3) is 0.188. The largest absolute Gasteiger partial charge is 0.496 e. The summed E-state index contributed by atoms with van der Waals surface area (Å²) in [7, 11) is 3.69.